The maximum atomic E-state index is 12.7. The first-order chi connectivity index (χ1) is 10.6. The fraction of sp³-hybridized carbons (Fsp3) is 0.611. The van der Waals surface area contributed by atoms with Gasteiger partial charge in [0.2, 0.25) is 5.91 Å². The first-order valence-corrected chi connectivity index (χ1v) is 8.36. The van der Waals surface area contributed by atoms with Crippen molar-refractivity contribution in [2.24, 2.45) is 5.92 Å². The molecule has 1 saturated carbocycles. The quantitative estimate of drug-likeness (QED) is 0.872. The summed E-state index contributed by atoms with van der Waals surface area (Å²) in [5.41, 5.74) is 1.25. The third kappa shape index (κ3) is 3.68. The summed E-state index contributed by atoms with van der Waals surface area (Å²) in [7, 11) is 1.83. The highest BCUT2D eigenvalue weighted by molar-refractivity contribution is 5.82. The zero-order valence-corrected chi connectivity index (χ0v) is 13.3. The van der Waals surface area contributed by atoms with Crippen molar-refractivity contribution in [3.05, 3.63) is 35.9 Å². The second kappa shape index (κ2) is 6.80. The molecule has 1 aliphatic heterocycles. The number of likely N-dealkylation sites (N-methyl/N-ethyl adjacent to an activating group) is 1. The van der Waals surface area contributed by atoms with Gasteiger partial charge in [-0.15, -0.1) is 0 Å². The van der Waals surface area contributed by atoms with Gasteiger partial charge in [-0.1, -0.05) is 30.3 Å². The van der Waals surface area contributed by atoms with Gasteiger partial charge in [-0.05, 0) is 43.7 Å². The van der Waals surface area contributed by atoms with Crippen LogP contribution in [0.25, 0.3) is 0 Å². The predicted molar refractivity (Wildman–Crippen MR) is 86.2 cm³/mol. The third-order valence-electron chi connectivity index (χ3n) is 4.88. The molecule has 2 atom stereocenters. The van der Waals surface area contributed by atoms with Crippen molar-refractivity contribution in [2.75, 3.05) is 20.1 Å². The fourth-order valence-corrected chi connectivity index (χ4v) is 3.37. The number of aliphatic hydroxyl groups is 1. The SMILES string of the molecule is CN(CC(O)C1CC1)C(=O)C1CCCN1Cc1ccccc1. The van der Waals surface area contributed by atoms with Crippen LogP contribution < -0.4 is 0 Å². The van der Waals surface area contributed by atoms with E-state index in [1.54, 1.807) is 4.90 Å². The van der Waals surface area contributed by atoms with E-state index in [0.29, 0.717) is 12.5 Å². The molecule has 4 heteroatoms. The Balaban J connectivity index is 1.58. The summed E-state index contributed by atoms with van der Waals surface area (Å²) in [6, 6.07) is 10.3. The lowest BCUT2D eigenvalue weighted by Crippen LogP contribution is -2.46. The Hall–Kier alpha value is -1.39. The second-order valence-corrected chi connectivity index (χ2v) is 6.74. The summed E-state index contributed by atoms with van der Waals surface area (Å²) < 4.78 is 0. The molecule has 1 aromatic rings. The fourth-order valence-electron chi connectivity index (χ4n) is 3.37. The van der Waals surface area contributed by atoms with E-state index in [1.807, 2.05) is 25.2 Å². The maximum Gasteiger partial charge on any atom is 0.239 e. The molecule has 2 fully saturated rings. The molecule has 0 bridgehead atoms. The lowest BCUT2D eigenvalue weighted by atomic mass is 10.1. The van der Waals surface area contributed by atoms with Crippen molar-refractivity contribution in [2.45, 2.75) is 44.4 Å². The van der Waals surface area contributed by atoms with Crippen LogP contribution in [0.3, 0.4) is 0 Å². The zero-order chi connectivity index (χ0) is 15.5. The normalized spacial score (nSPS) is 23.5. The molecule has 120 valence electrons. The number of likely N-dealkylation sites (tertiary alicyclic amines) is 1. The first-order valence-electron chi connectivity index (χ1n) is 8.36. The van der Waals surface area contributed by atoms with Crippen molar-refractivity contribution in [3.8, 4) is 0 Å². The molecule has 1 aliphatic carbocycles. The van der Waals surface area contributed by atoms with Gasteiger partial charge in [-0.25, -0.2) is 0 Å². The number of hydrogen-bond donors (Lipinski definition) is 1. The standard InChI is InChI=1S/C18H26N2O2/c1-19(13-17(21)15-9-10-15)18(22)16-8-5-11-20(16)12-14-6-3-2-4-7-14/h2-4,6-7,15-17,21H,5,8-13H2,1H3. The van der Waals surface area contributed by atoms with E-state index in [9.17, 15) is 9.90 Å². The minimum atomic E-state index is -0.349. The smallest absolute Gasteiger partial charge is 0.239 e. The summed E-state index contributed by atoms with van der Waals surface area (Å²) >= 11 is 0. The van der Waals surface area contributed by atoms with Crippen molar-refractivity contribution in [3.63, 3.8) is 0 Å². The number of benzene rings is 1. The van der Waals surface area contributed by atoms with Crippen LogP contribution in [0.15, 0.2) is 30.3 Å². The van der Waals surface area contributed by atoms with E-state index in [0.717, 1.165) is 38.8 Å². The van der Waals surface area contributed by atoms with Crippen molar-refractivity contribution in [1.29, 1.82) is 0 Å². The maximum absolute atomic E-state index is 12.7. The number of aliphatic hydroxyl groups excluding tert-OH is 1. The van der Waals surface area contributed by atoms with Gasteiger partial charge >= 0.3 is 0 Å². The molecular weight excluding hydrogens is 276 g/mol. The minimum Gasteiger partial charge on any atom is -0.391 e. The largest absolute Gasteiger partial charge is 0.391 e. The molecule has 1 aromatic carbocycles. The Morgan fingerprint density at radius 3 is 2.73 bits per heavy atom. The second-order valence-electron chi connectivity index (χ2n) is 6.74. The monoisotopic (exact) mass is 302 g/mol. The highest BCUT2D eigenvalue weighted by atomic mass is 16.3. The Morgan fingerprint density at radius 1 is 1.32 bits per heavy atom. The minimum absolute atomic E-state index is 0.0309. The van der Waals surface area contributed by atoms with E-state index in [1.165, 1.54) is 5.56 Å². The summed E-state index contributed by atoms with van der Waals surface area (Å²) in [5, 5.41) is 10.0. The highest BCUT2D eigenvalue weighted by Crippen LogP contribution is 2.33. The lowest BCUT2D eigenvalue weighted by Gasteiger charge is -2.29. The molecule has 1 N–H and O–H groups in total. The molecule has 4 nitrogen and oxygen atoms in total. The van der Waals surface area contributed by atoms with Gasteiger partial charge in [-0.2, -0.15) is 0 Å². The molecule has 2 aliphatic rings. The number of hydrogen-bond acceptors (Lipinski definition) is 3. The van der Waals surface area contributed by atoms with Crippen LogP contribution in [0.5, 0.6) is 0 Å². The highest BCUT2D eigenvalue weighted by Gasteiger charge is 2.35. The average Bonchev–Trinajstić information content (AvgIpc) is 3.28. The molecule has 0 spiro atoms. The topological polar surface area (TPSA) is 43.8 Å². The predicted octanol–water partition coefficient (Wildman–Crippen LogP) is 1.88. The molecule has 22 heavy (non-hydrogen) atoms. The number of rotatable bonds is 6. The van der Waals surface area contributed by atoms with E-state index in [4.69, 9.17) is 0 Å². The van der Waals surface area contributed by atoms with Crippen molar-refractivity contribution in [1.82, 2.24) is 9.80 Å². The van der Waals surface area contributed by atoms with Crippen LogP contribution in [0, 0.1) is 5.92 Å². The first kappa shape index (κ1) is 15.5. The van der Waals surface area contributed by atoms with E-state index >= 15 is 0 Å². The van der Waals surface area contributed by atoms with Gasteiger partial charge in [0.15, 0.2) is 0 Å². The number of carbonyl (C=O) groups is 1. The lowest BCUT2D eigenvalue weighted by molar-refractivity contribution is -0.136. The number of amides is 1. The molecule has 1 heterocycles. The Kier molecular flexibility index (Phi) is 4.79. The van der Waals surface area contributed by atoms with E-state index in [2.05, 4.69) is 17.0 Å². The van der Waals surface area contributed by atoms with E-state index < -0.39 is 0 Å². The zero-order valence-electron chi connectivity index (χ0n) is 13.3. The van der Waals surface area contributed by atoms with Crippen LogP contribution in [-0.4, -0.2) is 53.1 Å². The van der Waals surface area contributed by atoms with E-state index in [-0.39, 0.29) is 18.1 Å². The van der Waals surface area contributed by atoms with Gasteiger partial charge < -0.3 is 10.0 Å². The van der Waals surface area contributed by atoms with Crippen LogP contribution in [0.1, 0.15) is 31.2 Å². The van der Waals surface area contributed by atoms with Crippen molar-refractivity contribution < 1.29 is 9.90 Å². The molecule has 1 amide bonds. The van der Waals surface area contributed by atoms with Crippen LogP contribution in [-0.2, 0) is 11.3 Å². The molecular formula is C18H26N2O2. The number of nitrogens with zero attached hydrogens (tertiary/aromatic N) is 2. The number of carbonyl (C=O) groups excluding carboxylic acids is 1. The summed E-state index contributed by atoms with van der Waals surface area (Å²) in [5.74, 6) is 0.576. The average molecular weight is 302 g/mol. The van der Waals surface area contributed by atoms with Crippen LogP contribution >= 0.6 is 0 Å². The molecule has 1 saturated heterocycles. The van der Waals surface area contributed by atoms with Crippen LogP contribution in [0.4, 0.5) is 0 Å². The van der Waals surface area contributed by atoms with Gasteiger partial charge in [-0.3, -0.25) is 9.69 Å². The molecule has 0 aromatic heterocycles. The Labute approximate surface area is 132 Å². The molecule has 3 rings (SSSR count). The summed E-state index contributed by atoms with van der Waals surface area (Å²) in [6.45, 7) is 2.28. The van der Waals surface area contributed by atoms with Gasteiger partial charge in [0, 0.05) is 20.1 Å². The molecule has 0 radical (unpaired) electrons. The van der Waals surface area contributed by atoms with Gasteiger partial charge in [0.05, 0.1) is 12.1 Å². The van der Waals surface area contributed by atoms with Gasteiger partial charge in [0.1, 0.15) is 0 Å². The van der Waals surface area contributed by atoms with Gasteiger partial charge in [0.25, 0.3) is 0 Å². The summed E-state index contributed by atoms with van der Waals surface area (Å²) in [6.07, 6.45) is 3.86. The molecule has 2 unspecified atom stereocenters. The van der Waals surface area contributed by atoms with Crippen LogP contribution in [0.2, 0.25) is 0 Å². The Bertz CT molecular complexity index is 501. The Morgan fingerprint density at radius 2 is 2.05 bits per heavy atom. The third-order valence-corrected chi connectivity index (χ3v) is 4.88. The summed E-state index contributed by atoms with van der Waals surface area (Å²) in [4.78, 5) is 16.7. The van der Waals surface area contributed by atoms with Crippen molar-refractivity contribution >= 4 is 5.91 Å².